The Morgan fingerprint density at radius 2 is 2.00 bits per heavy atom. The van der Waals surface area contributed by atoms with Crippen molar-refractivity contribution in [3.8, 4) is 22.1 Å². The quantitative estimate of drug-likeness (QED) is 0.423. The van der Waals surface area contributed by atoms with E-state index in [2.05, 4.69) is 20.5 Å². The monoisotopic (exact) mass is 434 g/mol. The number of hydrogen-bond acceptors (Lipinski definition) is 6. The number of nitrogens with zero attached hydrogens (tertiary/aromatic N) is 2. The first kappa shape index (κ1) is 20.6. The van der Waals surface area contributed by atoms with Crippen molar-refractivity contribution in [1.82, 2.24) is 20.5 Å². The lowest BCUT2D eigenvalue weighted by atomic mass is 10.1. The van der Waals surface area contributed by atoms with Crippen molar-refractivity contribution in [2.45, 2.75) is 19.6 Å². The van der Waals surface area contributed by atoms with E-state index in [1.54, 1.807) is 36.9 Å². The zero-order chi connectivity index (χ0) is 21.6. The molecule has 0 aliphatic rings. The van der Waals surface area contributed by atoms with Gasteiger partial charge in [0, 0.05) is 12.4 Å². The summed E-state index contributed by atoms with van der Waals surface area (Å²) in [6, 6.07) is 14.9. The summed E-state index contributed by atoms with van der Waals surface area (Å²) in [5.74, 6) is 0.991. The highest BCUT2D eigenvalue weighted by atomic mass is 32.1. The first-order valence-corrected chi connectivity index (χ1v) is 10.6. The number of H-pyrrole nitrogens is 1. The van der Waals surface area contributed by atoms with Crippen LogP contribution in [-0.2, 0) is 6.61 Å². The molecule has 1 atom stereocenters. The molecule has 0 fully saturated rings. The maximum atomic E-state index is 12.6. The highest BCUT2D eigenvalue weighted by Gasteiger charge is 2.17. The average Bonchev–Trinajstić information content (AvgIpc) is 3.50. The number of thiophene rings is 1. The van der Waals surface area contributed by atoms with Gasteiger partial charge in [-0.15, -0.1) is 11.3 Å². The number of carbonyl (C=O) groups is 1. The Morgan fingerprint density at radius 1 is 1.16 bits per heavy atom. The van der Waals surface area contributed by atoms with Crippen LogP contribution in [0.15, 0.2) is 66.3 Å². The molecule has 3 aromatic heterocycles. The number of rotatable bonds is 8. The average molecular weight is 435 g/mol. The van der Waals surface area contributed by atoms with Gasteiger partial charge in [0.25, 0.3) is 5.91 Å². The fraction of sp³-hybridized carbons (Fsp3) is 0.174. The Balaban J connectivity index is 1.42. The number of hydrogen-bond donors (Lipinski definition) is 2. The number of aromatic amines is 1. The first-order chi connectivity index (χ1) is 15.1. The lowest BCUT2D eigenvalue weighted by Gasteiger charge is -2.17. The van der Waals surface area contributed by atoms with E-state index in [-0.39, 0.29) is 11.9 Å². The van der Waals surface area contributed by atoms with Gasteiger partial charge < -0.3 is 14.8 Å². The molecule has 0 bridgehead atoms. The number of ether oxygens (including phenoxy) is 2. The fourth-order valence-electron chi connectivity index (χ4n) is 3.06. The first-order valence-electron chi connectivity index (χ1n) is 9.74. The number of aromatic nitrogens is 3. The normalized spacial score (nSPS) is 11.7. The Hall–Kier alpha value is -3.65. The van der Waals surface area contributed by atoms with Gasteiger partial charge in [-0.25, -0.2) is 0 Å². The number of amides is 1. The van der Waals surface area contributed by atoms with Gasteiger partial charge in [-0.2, -0.15) is 5.10 Å². The molecule has 0 aliphatic carbocycles. The third-order valence-electron chi connectivity index (χ3n) is 4.78. The van der Waals surface area contributed by atoms with E-state index in [1.165, 1.54) is 0 Å². The molecule has 158 valence electrons. The second-order valence-corrected chi connectivity index (χ2v) is 7.84. The standard InChI is InChI=1S/C23H22N4O3S/c1-15(25-23(28)19-13-18(26-27-19)22-4-3-11-31-22)17-5-6-20(21(12-17)29-2)30-14-16-7-9-24-10-8-16/h3-13,15H,14H2,1-2H3,(H,25,28)(H,26,27). The smallest absolute Gasteiger partial charge is 0.272 e. The summed E-state index contributed by atoms with van der Waals surface area (Å²) in [7, 11) is 1.59. The Labute approximate surface area is 184 Å². The third kappa shape index (κ3) is 4.92. The Kier molecular flexibility index (Phi) is 6.28. The number of carbonyl (C=O) groups excluding carboxylic acids is 1. The highest BCUT2D eigenvalue weighted by Crippen LogP contribution is 2.31. The van der Waals surface area contributed by atoms with Crippen LogP contribution in [0.5, 0.6) is 11.5 Å². The molecule has 0 radical (unpaired) electrons. The summed E-state index contributed by atoms with van der Waals surface area (Å²) in [6.45, 7) is 2.33. The van der Waals surface area contributed by atoms with Crippen LogP contribution in [0.4, 0.5) is 0 Å². The van der Waals surface area contributed by atoms with E-state index in [1.807, 2.05) is 54.8 Å². The minimum absolute atomic E-state index is 0.238. The number of nitrogens with one attached hydrogen (secondary N) is 2. The highest BCUT2D eigenvalue weighted by molar-refractivity contribution is 7.13. The van der Waals surface area contributed by atoms with E-state index in [4.69, 9.17) is 9.47 Å². The predicted molar refractivity (Wildman–Crippen MR) is 119 cm³/mol. The maximum absolute atomic E-state index is 12.6. The van der Waals surface area contributed by atoms with Crippen molar-refractivity contribution in [2.24, 2.45) is 0 Å². The molecule has 0 saturated carbocycles. The molecular formula is C23H22N4O3S. The molecule has 4 rings (SSSR count). The molecule has 7 nitrogen and oxygen atoms in total. The van der Waals surface area contributed by atoms with Gasteiger partial charge in [-0.1, -0.05) is 12.1 Å². The van der Waals surface area contributed by atoms with E-state index >= 15 is 0 Å². The van der Waals surface area contributed by atoms with Crippen molar-refractivity contribution in [3.05, 3.63) is 83.1 Å². The minimum Gasteiger partial charge on any atom is -0.493 e. The lowest BCUT2D eigenvalue weighted by Crippen LogP contribution is -2.27. The zero-order valence-corrected chi connectivity index (χ0v) is 18.0. The van der Waals surface area contributed by atoms with Crippen LogP contribution < -0.4 is 14.8 Å². The SMILES string of the molecule is COc1cc(C(C)NC(=O)c2cc(-c3cccs3)[nH]n2)ccc1OCc1ccncc1. The van der Waals surface area contributed by atoms with Crippen molar-refractivity contribution in [2.75, 3.05) is 7.11 Å². The van der Waals surface area contributed by atoms with Crippen LogP contribution in [0, 0.1) is 0 Å². The van der Waals surface area contributed by atoms with Crippen LogP contribution in [-0.4, -0.2) is 28.2 Å². The van der Waals surface area contributed by atoms with E-state index < -0.39 is 0 Å². The Morgan fingerprint density at radius 3 is 2.74 bits per heavy atom. The summed E-state index contributed by atoms with van der Waals surface area (Å²) >= 11 is 1.59. The van der Waals surface area contributed by atoms with Gasteiger partial charge in [-0.05, 0) is 59.8 Å². The van der Waals surface area contributed by atoms with Gasteiger partial charge in [0.2, 0.25) is 0 Å². The number of benzene rings is 1. The molecule has 1 aromatic carbocycles. The molecule has 0 spiro atoms. The van der Waals surface area contributed by atoms with E-state index in [0.29, 0.717) is 23.8 Å². The molecule has 1 unspecified atom stereocenters. The second kappa shape index (κ2) is 9.44. The van der Waals surface area contributed by atoms with Gasteiger partial charge in [0.1, 0.15) is 6.61 Å². The summed E-state index contributed by atoms with van der Waals surface area (Å²) in [4.78, 5) is 17.7. The molecule has 3 heterocycles. The van der Waals surface area contributed by atoms with Gasteiger partial charge in [0.15, 0.2) is 17.2 Å². The van der Waals surface area contributed by atoms with Crippen molar-refractivity contribution < 1.29 is 14.3 Å². The summed E-state index contributed by atoms with van der Waals surface area (Å²) in [5.41, 5.74) is 3.09. The molecule has 0 saturated heterocycles. The molecule has 4 aromatic rings. The minimum atomic E-state index is -0.247. The predicted octanol–water partition coefficient (Wildman–Crippen LogP) is 4.61. The molecule has 2 N–H and O–H groups in total. The number of pyridine rings is 1. The van der Waals surface area contributed by atoms with Crippen LogP contribution in [0.1, 0.15) is 34.6 Å². The largest absolute Gasteiger partial charge is 0.493 e. The summed E-state index contributed by atoms with van der Waals surface area (Å²) in [5, 5.41) is 12.0. The van der Waals surface area contributed by atoms with Crippen molar-refractivity contribution >= 4 is 17.2 Å². The van der Waals surface area contributed by atoms with Crippen molar-refractivity contribution in [3.63, 3.8) is 0 Å². The maximum Gasteiger partial charge on any atom is 0.272 e. The second-order valence-electron chi connectivity index (χ2n) is 6.89. The van der Waals surface area contributed by atoms with E-state index in [9.17, 15) is 4.79 Å². The van der Waals surface area contributed by atoms with Crippen LogP contribution in [0.25, 0.3) is 10.6 Å². The Bertz CT molecular complexity index is 1140. The molecule has 1 amide bonds. The lowest BCUT2D eigenvalue weighted by molar-refractivity contribution is 0.0934. The number of methoxy groups -OCH3 is 1. The van der Waals surface area contributed by atoms with Gasteiger partial charge in [-0.3, -0.25) is 14.9 Å². The summed E-state index contributed by atoms with van der Waals surface area (Å²) < 4.78 is 11.4. The van der Waals surface area contributed by atoms with Crippen LogP contribution in [0.2, 0.25) is 0 Å². The van der Waals surface area contributed by atoms with Gasteiger partial charge in [0.05, 0.1) is 23.7 Å². The third-order valence-corrected chi connectivity index (χ3v) is 5.68. The molecule has 8 heteroatoms. The van der Waals surface area contributed by atoms with Crippen LogP contribution in [0.3, 0.4) is 0 Å². The fourth-order valence-corrected chi connectivity index (χ4v) is 3.76. The van der Waals surface area contributed by atoms with Gasteiger partial charge >= 0.3 is 0 Å². The molecule has 31 heavy (non-hydrogen) atoms. The zero-order valence-electron chi connectivity index (χ0n) is 17.2. The topological polar surface area (TPSA) is 89.1 Å². The van der Waals surface area contributed by atoms with E-state index in [0.717, 1.165) is 21.7 Å². The molecular weight excluding hydrogens is 412 g/mol. The van der Waals surface area contributed by atoms with Crippen molar-refractivity contribution in [1.29, 1.82) is 0 Å². The molecule has 0 aliphatic heterocycles. The van der Waals surface area contributed by atoms with Crippen LogP contribution >= 0.6 is 11.3 Å². The summed E-state index contributed by atoms with van der Waals surface area (Å²) in [6.07, 6.45) is 3.46.